The molecule has 0 spiro atoms. The van der Waals surface area contributed by atoms with Gasteiger partial charge in [0.15, 0.2) is 5.76 Å². The lowest BCUT2D eigenvalue weighted by atomic mass is 10.1. The lowest BCUT2D eigenvalue weighted by molar-refractivity contribution is 0.0917. The van der Waals surface area contributed by atoms with Crippen LogP contribution in [0.5, 0.6) is 0 Å². The van der Waals surface area contributed by atoms with Crippen LogP contribution in [-0.2, 0) is 17.8 Å². The van der Waals surface area contributed by atoms with Gasteiger partial charge in [-0.3, -0.25) is 4.79 Å². The Morgan fingerprint density at radius 2 is 2.10 bits per heavy atom. The van der Waals surface area contributed by atoms with Gasteiger partial charge in [-0.15, -0.1) is 0 Å². The van der Waals surface area contributed by atoms with Crippen molar-refractivity contribution in [2.45, 2.75) is 13.0 Å². The van der Waals surface area contributed by atoms with E-state index in [4.69, 9.17) is 9.15 Å². The number of nitrogens with one attached hydrogen (secondary N) is 1. The fourth-order valence-electron chi connectivity index (χ4n) is 1.82. The van der Waals surface area contributed by atoms with Crippen LogP contribution < -0.4 is 5.32 Å². The second-order valence-corrected chi connectivity index (χ2v) is 4.30. The summed E-state index contributed by atoms with van der Waals surface area (Å²) in [6, 6.07) is 9.79. The number of furan rings is 1. The first kappa shape index (κ1) is 14.3. The van der Waals surface area contributed by atoms with Crippen molar-refractivity contribution in [1.82, 2.24) is 5.32 Å². The number of amides is 1. The topological polar surface area (TPSA) is 51.5 Å². The Kier molecular flexibility index (Phi) is 4.90. The molecule has 4 nitrogen and oxygen atoms in total. The van der Waals surface area contributed by atoms with Crippen LogP contribution in [0, 0.1) is 5.82 Å². The first-order valence-electron chi connectivity index (χ1n) is 6.30. The molecular formula is C15H16FNO3. The molecule has 1 heterocycles. The molecule has 2 aromatic rings. The molecule has 1 aromatic heterocycles. The number of halogens is 1. The predicted octanol–water partition coefficient (Wildman–Crippen LogP) is 2.54. The van der Waals surface area contributed by atoms with E-state index in [-0.39, 0.29) is 17.5 Å². The minimum Gasteiger partial charge on any atom is -0.453 e. The molecule has 0 bridgehead atoms. The van der Waals surface area contributed by atoms with Crippen molar-refractivity contribution in [3.63, 3.8) is 0 Å². The van der Waals surface area contributed by atoms with E-state index < -0.39 is 0 Å². The smallest absolute Gasteiger partial charge is 0.287 e. The van der Waals surface area contributed by atoms with Crippen LogP contribution in [0.4, 0.5) is 4.39 Å². The monoisotopic (exact) mass is 277 g/mol. The van der Waals surface area contributed by atoms with Gasteiger partial charge in [-0.1, -0.05) is 18.2 Å². The molecule has 106 valence electrons. The average Bonchev–Trinajstić information content (AvgIpc) is 2.90. The van der Waals surface area contributed by atoms with Gasteiger partial charge in [0.25, 0.3) is 5.91 Å². The molecule has 0 aliphatic rings. The number of methoxy groups -OCH3 is 1. The van der Waals surface area contributed by atoms with Crippen molar-refractivity contribution in [1.29, 1.82) is 0 Å². The van der Waals surface area contributed by atoms with Gasteiger partial charge in [-0.2, -0.15) is 0 Å². The fourth-order valence-corrected chi connectivity index (χ4v) is 1.82. The zero-order valence-electron chi connectivity index (χ0n) is 11.2. The fraction of sp³-hybridized carbons (Fsp3) is 0.267. The molecule has 0 atom stereocenters. The highest BCUT2D eigenvalue weighted by Gasteiger charge is 2.10. The molecule has 0 fully saturated rings. The largest absolute Gasteiger partial charge is 0.453 e. The summed E-state index contributed by atoms with van der Waals surface area (Å²) in [5.74, 6) is 0.239. The normalized spacial score (nSPS) is 10.5. The highest BCUT2D eigenvalue weighted by atomic mass is 19.1. The van der Waals surface area contributed by atoms with Gasteiger partial charge in [-0.25, -0.2) is 4.39 Å². The molecule has 0 saturated heterocycles. The quantitative estimate of drug-likeness (QED) is 0.882. The van der Waals surface area contributed by atoms with E-state index in [1.54, 1.807) is 37.4 Å². The molecular weight excluding hydrogens is 261 g/mol. The standard InChI is InChI=1S/C15H16FNO3/c1-19-10-12-6-7-14(20-12)15(18)17-9-8-11-4-2-3-5-13(11)16/h2-7H,8-10H2,1H3,(H,17,18). The number of ether oxygens (including phenoxy) is 1. The van der Waals surface area contributed by atoms with Crippen LogP contribution in [0.25, 0.3) is 0 Å². The molecule has 1 N–H and O–H groups in total. The molecule has 20 heavy (non-hydrogen) atoms. The van der Waals surface area contributed by atoms with E-state index in [2.05, 4.69) is 5.32 Å². The average molecular weight is 277 g/mol. The van der Waals surface area contributed by atoms with E-state index in [0.717, 1.165) is 0 Å². The Labute approximate surface area is 116 Å². The van der Waals surface area contributed by atoms with Gasteiger partial charge < -0.3 is 14.5 Å². The van der Waals surface area contributed by atoms with Crippen LogP contribution in [0.2, 0.25) is 0 Å². The summed E-state index contributed by atoms with van der Waals surface area (Å²) in [7, 11) is 1.55. The number of carbonyl (C=O) groups excluding carboxylic acids is 1. The van der Waals surface area contributed by atoms with Crippen molar-refractivity contribution in [3.8, 4) is 0 Å². The molecule has 0 aliphatic carbocycles. The second kappa shape index (κ2) is 6.86. The Hall–Kier alpha value is -2.14. The van der Waals surface area contributed by atoms with Crippen LogP contribution in [0.3, 0.4) is 0 Å². The van der Waals surface area contributed by atoms with E-state index >= 15 is 0 Å². The van der Waals surface area contributed by atoms with E-state index in [1.165, 1.54) is 6.07 Å². The van der Waals surface area contributed by atoms with Crippen molar-refractivity contribution < 1.29 is 18.3 Å². The first-order chi connectivity index (χ1) is 9.70. The van der Waals surface area contributed by atoms with Gasteiger partial charge in [-0.05, 0) is 30.2 Å². The predicted molar refractivity (Wildman–Crippen MR) is 71.9 cm³/mol. The van der Waals surface area contributed by atoms with E-state index in [0.29, 0.717) is 30.9 Å². The molecule has 2 rings (SSSR count). The zero-order chi connectivity index (χ0) is 14.4. The number of carbonyl (C=O) groups is 1. The van der Waals surface area contributed by atoms with Crippen LogP contribution in [0.1, 0.15) is 21.9 Å². The zero-order valence-corrected chi connectivity index (χ0v) is 11.2. The molecule has 1 amide bonds. The van der Waals surface area contributed by atoms with Gasteiger partial charge in [0.05, 0.1) is 0 Å². The lowest BCUT2D eigenvalue weighted by Crippen LogP contribution is -2.25. The van der Waals surface area contributed by atoms with Gasteiger partial charge in [0.2, 0.25) is 0 Å². The molecule has 1 aromatic carbocycles. The van der Waals surface area contributed by atoms with Crippen LogP contribution >= 0.6 is 0 Å². The summed E-state index contributed by atoms with van der Waals surface area (Å²) in [6.45, 7) is 0.669. The van der Waals surface area contributed by atoms with Gasteiger partial charge >= 0.3 is 0 Å². The first-order valence-corrected chi connectivity index (χ1v) is 6.30. The number of benzene rings is 1. The summed E-state index contributed by atoms with van der Waals surface area (Å²) in [5.41, 5.74) is 0.576. The Morgan fingerprint density at radius 1 is 1.30 bits per heavy atom. The summed E-state index contributed by atoms with van der Waals surface area (Å²) < 4.78 is 23.6. The third kappa shape index (κ3) is 3.68. The van der Waals surface area contributed by atoms with E-state index in [1.807, 2.05) is 0 Å². The third-order valence-corrected chi connectivity index (χ3v) is 2.81. The number of hydrogen-bond donors (Lipinski definition) is 1. The summed E-state index contributed by atoms with van der Waals surface area (Å²) in [6.07, 6.45) is 0.435. The Bertz CT molecular complexity index is 580. The van der Waals surface area contributed by atoms with Crippen LogP contribution in [0.15, 0.2) is 40.8 Å². The summed E-state index contributed by atoms with van der Waals surface area (Å²) in [4.78, 5) is 11.8. The molecule has 0 radical (unpaired) electrons. The molecule has 0 unspecified atom stereocenters. The van der Waals surface area contributed by atoms with Gasteiger partial charge in [0, 0.05) is 13.7 Å². The number of rotatable bonds is 6. The molecule has 5 heteroatoms. The van der Waals surface area contributed by atoms with Crippen molar-refractivity contribution in [2.75, 3.05) is 13.7 Å². The third-order valence-electron chi connectivity index (χ3n) is 2.81. The number of hydrogen-bond acceptors (Lipinski definition) is 3. The van der Waals surface area contributed by atoms with Crippen molar-refractivity contribution in [3.05, 3.63) is 59.3 Å². The maximum Gasteiger partial charge on any atom is 0.287 e. The highest BCUT2D eigenvalue weighted by molar-refractivity contribution is 5.91. The van der Waals surface area contributed by atoms with Crippen LogP contribution in [-0.4, -0.2) is 19.6 Å². The highest BCUT2D eigenvalue weighted by Crippen LogP contribution is 2.09. The van der Waals surface area contributed by atoms with Crippen molar-refractivity contribution in [2.24, 2.45) is 0 Å². The maximum absolute atomic E-state index is 13.4. The minimum absolute atomic E-state index is 0.227. The summed E-state index contributed by atoms with van der Waals surface area (Å²) in [5, 5.41) is 2.69. The summed E-state index contributed by atoms with van der Waals surface area (Å²) >= 11 is 0. The van der Waals surface area contributed by atoms with E-state index in [9.17, 15) is 9.18 Å². The lowest BCUT2D eigenvalue weighted by Gasteiger charge is -2.04. The molecule has 0 saturated carbocycles. The van der Waals surface area contributed by atoms with Crippen molar-refractivity contribution >= 4 is 5.91 Å². The SMILES string of the molecule is COCc1ccc(C(=O)NCCc2ccccc2F)o1. The minimum atomic E-state index is -0.316. The Morgan fingerprint density at radius 3 is 2.85 bits per heavy atom. The Balaban J connectivity index is 1.84. The molecule has 0 aliphatic heterocycles. The maximum atomic E-state index is 13.4. The van der Waals surface area contributed by atoms with Gasteiger partial charge in [0.1, 0.15) is 18.2 Å². The second-order valence-electron chi connectivity index (χ2n) is 4.30.